The van der Waals surface area contributed by atoms with Crippen molar-refractivity contribution in [3.63, 3.8) is 0 Å². The molecule has 0 spiro atoms. The molecule has 2 aromatic carbocycles. The average molecular weight is 395 g/mol. The number of amides is 1. The van der Waals surface area contributed by atoms with E-state index in [2.05, 4.69) is 27.3 Å². The Balaban J connectivity index is 1.72. The van der Waals surface area contributed by atoms with Crippen LogP contribution in [0, 0.1) is 5.82 Å². The Kier molecular flexibility index (Phi) is 7.14. The summed E-state index contributed by atoms with van der Waals surface area (Å²) in [6.07, 6.45) is 2.24. The van der Waals surface area contributed by atoms with Gasteiger partial charge in [-0.3, -0.25) is 9.69 Å². The Morgan fingerprint density at radius 3 is 2.38 bits per heavy atom. The van der Waals surface area contributed by atoms with Gasteiger partial charge in [-0.05, 0) is 36.6 Å². The summed E-state index contributed by atoms with van der Waals surface area (Å²) in [5.41, 5.74) is 2.42. The van der Waals surface area contributed by atoms with Crippen LogP contribution >= 0.6 is 0 Å². The minimum Gasteiger partial charge on any atom is -0.447 e. The summed E-state index contributed by atoms with van der Waals surface area (Å²) in [4.78, 5) is 18.7. The van der Waals surface area contributed by atoms with Gasteiger partial charge in [-0.25, -0.2) is 9.37 Å². The van der Waals surface area contributed by atoms with Crippen LogP contribution in [0.25, 0.3) is 0 Å². The van der Waals surface area contributed by atoms with Gasteiger partial charge in [0.25, 0.3) is 5.91 Å². The predicted molar refractivity (Wildman–Crippen MR) is 110 cm³/mol. The van der Waals surface area contributed by atoms with E-state index in [-0.39, 0.29) is 23.5 Å². The molecule has 0 bridgehead atoms. The van der Waals surface area contributed by atoms with Gasteiger partial charge in [-0.1, -0.05) is 49.4 Å². The molecule has 0 aliphatic heterocycles. The van der Waals surface area contributed by atoms with Crippen LogP contribution in [-0.4, -0.2) is 21.8 Å². The number of halogens is 1. The zero-order valence-corrected chi connectivity index (χ0v) is 16.8. The molecule has 0 aliphatic rings. The van der Waals surface area contributed by atoms with Crippen LogP contribution in [0.1, 0.15) is 47.8 Å². The second-order valence-corrected chi connectivity index (χ2v) is 7.17. The lowest BCUT2D eigenvalue weighted by atomic mass is 10.1. The van der Waals surface area contributed by atoms with Crippen molar-refractivity contribution in [2.45, 2.75) is 45.9 Å². The van der Waals surface area contributed by atoms with Crippen molar-refractivity contribution >= 4 is 5.91 Å². The maximum absolute atomic E-state index is 13.2. The monoisotopic (exact) mass is 395 g/mol. The molecule has 0 radical (unpaired) electrons. The molecule has 152 valence electrons. The minimum atomic E-state index is -0.256. The Bertz CT molecular complexity index is 909. The van der Waals surface area contributed by atoms with Gasteiger partial charge in [0.05, 0.1) is 6.54 Å². The number of rotatable bonds is 9. The second-order valence-electron chi connectivity index (χ2n) is 7.17. The predicted octanol–water partition coefficient (Wildman–Crippen LogP) is 4.54. The summed E-state index contributed by atoms with van der Waals surface area (Å²) in [7, 11) is 0. The normalized spacial score (nSPS) is 12.1. The van der Waals surface area contributed by atoms with E-state index in [1.165, 1.54) is 18.4 Å². The van der Waals surface area contributed by atoms with E-state index >= 15 is 0 Å². The van der Waals surface area contributed by atoms with Crippen LogP contribution in [0.5, 0.6) is 0 Å². The van der Waals surface area contributed by atoms with Crippen molar-refractivity contribution in [3.05, 3.63) is 89.4 Å². The van der Waals surface area contributed by atoms with Crippen LogP contribution in [0.4, 0.5) is 4.39 Å². The van der Waals surface area contributed by atoms with Crippen LogP contribution in [0.15, 0.2) is 65.3 Å². The minimum absolute atomic E-state index is 0.0794. The van der Waals surface area contributed by atoms with Gasteiger partial charge in [-0.2, -0.15) is 0 Å². The average Bonchev–Trinajstić information content (AvgIpc) is 3.19. The summed E-state index contributed by atoms with van der Waals surface area (Å²) >= 11 is 0. The molecule has 3 rings (SSSR count). The quantitative estimate of drug-likeness (QED) is 0.578. The molecule has 0 unspecified atom stereocenters. The van der Waals surface area contributed by atoms with E-state index in [9.17, 15) is 9.18 Å². The second kappa shape index (κ2) is 9.98. The van der Waals surface area contributed by atoms with Gasteiger partial charge >= 0.3 is 0 Å². The number of oxazole rings is 1. The van der Waals surface area contributed by atoms with Crippen molar-refractivity contribution < 1.29 is 13.6 Å². The van der Waals surface area contributed by atoms with Crippen LogP contribution in [0.3, 0.4) is 0 Å². The highest BCUT2D eigenvalue weighted by Gasteiger charge is 2.16. The first kappa shape index (κ1) is 20.7. The van der Waals surface area contributed by atoms with Gasteiger partial charge in [0.15, 0.2) is 5.69 Å². The van der Waals surface area contributed by atoms with Crippen LogP contribution < -0.4 is 5.32 Å². The van der Waals surface area contributed by atoms with E-state index < -0.39 is 0 Å². The molecule has 0 saturated carbocycles. The van der Waals surface area contributed by atoms with E-state index in [1.807, 2.05) is 32.0 Å². The maximum atomic E-state index is 13.2. The first-order valence-corrected chi connectivity index (χ1v) is 9.79. The Morgan fingerprint density at radius 2 is 1.72 bits per heavy atom. The number of hydrogen-bond donors (Lipinski definition) is 1. The molecule has 5 nitrogen and oxygen atoms in total. The third-order valence-electron chi connectivity index (χ3n) is 4.70. The molecule has 0 aliphatic carbocycles. The molecule has 3 aromatic rings. The lowest BCUT2D eigenvalue weighted by Crippen LogP contribution is -2.32. The van der Waals surface area contributed by atoms with Crippen molar-refractivity contribution in [1.82, 2.24) is 15.2 Å². The molecule has 1 atom stereocenters. The number of benzene rings is 2. The molecule has 0 saturated heterocycles. The maximum Gasteiger partial charge on any atom is 0.273 e. The van der Waals surface area contributed by atoms with E-state index in [1.54, 1.807) is 12.1 Å². The first-order chi connectivity index (χ1) is 14.0. The Labute approximate surface area is 170 Å². The van der Waals surface area contributed by atoms with E-state index in [4.69, 9.17) is 4.42 Å². The number of carbonyl (C=O) groups is 1. The highest BCUT2D eigenvalue weighted by Crippen LogP contribution is 2.15. The fourth-order valence-electron chi connectivity index (χ4n) is 2.94. The standard InChI is InChI=1S/C23H26FN3O2/c1-3-17(2)25-23(28)21-16-29-22(26-21)15-27(13-18-7-5-4-6-8-18)14-19-9-11-20(24)12-10-19/h4-12,16-17H,3,13-15H2,1-2H3,(H,25,28)/t17-/m0/s1. The van der Waals surface area contributed by atoms with Crippen LogP contribution in [-0.2, 0) is 19.6 Å². The fraction of sp³-hybridized carbons (Fsp3) is 0.304. The highest BCUT2D eigenvalue weighted by molar-refractivity contribution is 5.92. The molecular formula is C23H26FN3O2. The summed E-state index contributed by atoms with van der Waals surface area (Å²) < 4.78 is 18.8. The van der Waals surface area contributed by atoms with Gasteiger partial charge in [0.1, 0.15) is 12.1 Å². The molecule has 29 heavy (non-hydrogen) atoms. The van der Waals surface area contributed by atoms with Gasteiger partial charge in [0, 0.05) is 19.1 Å². The fourth-order valence-corrected chi connectivity index (χ4v) is 2.94. The molecule has 6 heteroatoms. The zero-order chi connectivity index (χ0) is 20.6. The molecule has 1 heterocycles. The molecular weight excluding hydrogens is 369 g/mol. The third-order valence-corrected chi connectivity index (χ3v) is 4.70. The highest BCUT2D eigenvalue weighted by atomic mass is 19.1. The number of nitrogens with zero attached hydrogens (tertiary/aromatic N) is 2. The summed E-state index contributed by atoms with van der Waals surface area (Å²) in [5, 5.41) is 2.89. The number of carbonyl (C=O) groups excluding carboxylic acids is 1. The lowest BCUT2D eigenvalue weighted by Gasteiger charge is -2.21. The van der Waals surface area contributed by atoms with E-state index in [0.717, 1.165) is 17.5 Å². The van der Waals surface area contributed by atoms with Crippen molar-refractivity contribution in [3.8, 4) is 0 Å². The third kappa shape index (κ3) is 6.26. The zero-order valence-electron chi connectivity index (χ0n) is 16.8. The number of aromatic nitrogens is 1. The SMILES string of the molecule is CC[C@H](C)NC(=O)c1coc(CN(Cc2ccccc2)Cc2ccc(F)cc2)n1. The molecule has 1 amide bonds. The summed E-state index contributed by atoms with van der Waals surface area (Å²) in [6.45, 7) is 5.67. The van der Waals surface area contributed by atoms with Crippen molar-refractivity contribution in [2.24, 2.45) is 0 Å². The molecule has 1 aromatic heterocycles. The van der Waals surface area contributed by atoms with Gasteiger partial charge in [-0.15, -0.1) is 0 Å². The van der Waals surface area contributed by atoms with Gasteiger partial charge in [0.2, 0.25) is 5.89 Å². The molecule has 0 fully saturated rings. The Hall–Kier alpha value is -2.99. The largest absolute Gasteiger partial charge is 0.447 e. The topological polar surface area (TPSA) is 58.4 Å². The smallest absolute Gasteiger partial charge is 0.273 e. The lowest BCUT2D eigenvalue weighted by molar-refractivity contribution is 0.0934. The van der Waals surface area contributed by atoms with Crippen molar-refractivity contribution in [2.75, 3.05) is 0 Å². The summed E-state index contributed by atoms with van der Waals surface area (Å²) in [6, 6.07) is 16.6. The summed E-state index contributed by atoms with van der Waals surface area (Å²) in [5.74, 6) is -0.0205. The van der Waals surface area contributed by atoms with Crippen molar-refractivity contribution in [1.29, 1.82) is 0 Å². The Morgan fingerprint density at radius 1 is 1.07 bits per heavy atom. The van der Waals surface area contributed by atoms with Gasteiger partial charge < -0.3 is 9.73 Å². The van der Waals surface area contributed by atoms with E-state index in [0.29, 0.717) is 25.5 Å². The van der Waals surface area contributed by atoms with Crippen LogP contribution in [0.2, 0.25) is 0 Å². The number of hydrogen-bond acceptors (Lipinski definition) is 4. The molecule has 1 N–H and O–H groups in total. The first-order valence-electron chi connectivity index (χ1n) is 9.79. The number of nitrogens with one attached hydrogen (secondary N) is 1.